The van der Waals surface area contributed by atoms with Crippen LogP contribution in [-0.2, 0) is 13.0 Å². The van der Waals surface area contributed by atoms with Gasteiger partial charge in [-0.25, -0.2) is 9.97 Å². The van der Waals surface area contributed by atoms with E-state index in [1.807, 2.05) is 12.1 Å². The summed E-state index contributed by atoms with van der Waals surface area (Å²) in [4.78, 5) is 8.62. The molecule has 0 amide bonds. The minimum absolute atomic E-state index is 0.623. The Kier molecular flexibility index (Phi) is 3.93. The lowest BCUT2D eigenvalue weighted by molar-refractivity contribution is 0.398. The fourth-order valence-electron chi connectivity index (χ4n) is 1.39. The smallest absolute Gasteiger partial charge is 0.213 e. The second kappa shape index (κ2) is 5.63. The van der Waals surface area contributed by atoms with Gasteiger partial charge in [-0.3, -0.25) is 0 Å². The van der Waals surface area contributed by atoms with Gasteiger partial charge in [0.05, 0.1) is 36.2 Å². The van der Waals surface area contributed by atoms with Crippen LogP contribution in [0.1, 0.15) is 17.6 Å². The number of anilines is 1. The van der Waals surface area contributed by atoms with Gasteiger partial charge in [0.1, 0.15) is 0 Å². The zero-order valence-corrected chi connectivity index (χ0v) is 10.8. The molecule has 0 fully saturated rings. The normalized spacial score (nSPS) is 10.2. The fraction of sp³-hybridized carbons (Fsp3) is 0.333. The summed E-state index contributed by atoms with van der Waals surface area (Å²) in [5, 5.41) is 6.54. The first-order valence-electron chi connectivity index (χ1n) is 5.49. The molecule has 0 aliphatic heterocycles. The van der Waals surface area contributed by atoms with E-state index in [2.05, 4.69) is 27.6 Å². The molecule has 2 aromatic heterocycles. The average molecular weight is 249 g/mol. The maximum atomic E-state index is 5.00. The minimum Gasteiger partial charge on any atom is -0.481 e. The molecule has 5 heteroatoms. The Hall–Kier alpha value is -1.62. The third-order valence-corrected chi connectivity index (χ3v) is 3.36. The van der Waals surface area contributed by atoms with Crippen LogP contribution in [0.15, 0.2) is 23.7 Å². The van der Waals surface area contributed by atoms with Crippen molar-refractivity contribution in [3.05, 3.63) is 34.4 Å². The Bertz CT molecular complexity index is 467. The molecular formula is C12H15N3OS. The van der Waals surface area contributed by atoms with Gasteiger partial charge >= 0.3 is 0 Å². The van der Waals surface area contributed by atoms with Crippen molar-refractivity contribution in [3.8, 4) is 5.88 Å². The van der Waals surface area contributed by atoms with Crippen LogP contribution >= 0.6 is 11.3 Å². The maximum absolute atomic E-state index is 5.00. The molecule has 2 aromatic rings. The van der Waals surface area contributed by atoms with Gasteiger partial charge in [0.2, 0.25) is 5.88 Å². The van der Waals surface area contributed by atoms with Gasteiger partial charge in [-0.1, -0.05) is 6.92 Å². The molecule has 4 nitrogen and oxygen atoms in total. The Morgan fingerprint density at radius 1 is 1.41 bits per heavy atom. The number of thiazole rings is 1. The number of nitrogens with zero attached hydrogens (tertiary/aromatic N) is 2. The van der Waals surface area contributed by atoms with Crippen LogP contribution in [0.4, 0.5) is 5.69 Å². The molecule has 0 aromatic carbocycles. The van der Waals surface area contributed by atoms with Gasteiger partial charge in [-0.05, 0) is 12.5 Å². The van der Waals surface area contributed by atoms with Crippen molar-refractivity contribution in [1.82, 2.24) is 9.97 Å². The van der Waals surface area contributed by atoms with Gasteiger partial charge in [0, 0.05) is 11.4 Å². The van der Waals surface area contributed by atoms with E-state index >= 15 is 0 Å². The number of methoxy groups -OCH3 is 1. The van der Waals surface area contributed by atoms with Crippen molar-refractivity contribution < 1.29 is 4.74 Å². The second-order valence-corrected chi connectivity index (χ2v) is 4.47. The van der Waals surface area contributed by atoms with Crippen LogP contribution in [0.2, 0.25) is 0 Å². The van der Waals surface area contributed by atoms with Crippen molar-refractivity contribution in [3.63, 3.8) is 0 Å². The number of ether oxygens (including phenoxy) is 1. The van der Waals surface area contributed by atoms with Crippen LogP contribution in [0, 0.1) is 0 Å². The van der Waals surface area contributed by atoms with Crippen LogP contribution in [0.3, 0.4) is 0 Å². The van der Waals surface area contributed by atoms with Crippen molar-refractivity contribution in [2.45, 2.75) is 19.9 Å². The van der Waals surface area contributed by atoms with E-state index in [-0.39, 0.29) is 0 Å². The lowest BCUT2D eigenvalue weighted by atomic mass is 10.4. The lowest BCUT2D eigenvalue weighted by Gasteiger charge is -2.04. The predicted octanol–water partition coefficient (Wildman–Crippen LogP) is 2.72. The van der Waals surface area contributed by atoms with Crippen LogP contribution < -0.4 is 10.1 Å². The first-order chi connectivity index (χ1) is 8.31. The Balaban J connectivity index is 1.92. The SMILES string of the molecule is CCc1nc(CNc2ccc(OC)nc2)cs1. The first kappa shape index (κ1) is 11.9. The van der Waals surface area contributed by atoms with Crippen LogP contribution in [-0.4, -0.2) is 17.1 Å². The lowest BCUT2D eigenvalue weighted by Crippen LogP contribution is -2.00. The van der Waals surface area contributed by atoms with Gasteiger partial charge in [-0.15, -0.1) is 11.3 Å². The molecule has 0 unspecified atom stereocenters. The van der Waals surface area contributed by atoms with E-state index in [4.69, 9.17) is 4.74 Å². The summed E-state index contributed by atoms with van der Waals surface area (Å²) in [6.45, 7) is 2.84. The highest BCUT2D eigenvalue weighted by atomic mass is 32.1. The van der Waals surface area contributed by atoms with Gasteiger partial charge in [0.15, 0.2) is 0 Å². The third-order valence-electron chi connectivity index (χ3n) is 2.32. The molecule has 17 heavy (non-hydrogen) atoms. The Labute approximate surface area is 105 Å². The van der Waals surface area contributed by atoms with E-state index in [1.165, 1.54) is 5.01 Å². The number of aryl methyl sites for hydroxylation is 1. The average Bonchev–Trinajstić information content (AvgIpc) is 2.85. The number of aromatic nitrogens is 2. The molecule has 2 heterocycles. The summed E-state index contributed by atoms with van der Waals surface area (Å²) in [5.41, 5.74) is 2.04. The van der Waals surface area contributed by atoms with Gasteiger partial charge in [-0.2, -0.15) is 0 Å². The van der Waals surface area contributed by atoms with Crippen LogP contribution in [0.5, 0.6) is 5.88 Å². The van der Waals surface area contributed by atoms with Crippen molar-refractivity contribution >= 4 is 17.0 Å². The standard InChI is InChI=1S/C12H15N3OS/c1-3-12-15-10(8-17-12)7-13-9-4-5-11(16-2)14-6-9/h4-6,8,13H,3,7H2,1-2H3. The zero-order valence-electron chi connectivity index (χ0n) is 9.93. The maximum Gasteiger partial charge on any atom is 0.213 e. The van der Waals surface area contributed by atoms with Crippen LogP contribution in [0.25, 0.3) is 0 Å². The number of nitrogens with one attached hydrogen (secondary N) is 1. The van der Waals surface area contributed by atoms with Crippen molar-refractivity contribution in [1.29, 1.82) is 0 Å². The molecule has 90 valence electrons. The van der Waals surface area contributed by atoms with E-state index in [0.717, 1.165) is 24.3 Å². The van der Waals surface area contributed by atoms with Crippen molar-refractivity contribution in [2.24, 2.45) is 0 Å². The number of hydrogen-bond acceptors (Lipinski definition) is 5. The summed E-state index contributed by atoms with van der Waals surface area (Å²) in [7, 11) is 1.61. The summed E-state index contributed by atoms with van der Waals surface area (Å²) in [6, 6.07) is 3.78. The fourth-order valence-corrected chi connectivity index (χ4v) is 2.14. The molecule has 0 atom stereocenters. The summed E-state index contributed by atoms with van der Waals surface area (Å²) in [5.74, 6) is 0.623. The molecule has 0 spiro atoms. The Morgan fingerprint density at radius 3 is 2.88 bits per heavy atom. The van der Waals surface area contributed by atoms with Gasteiger partial charge < -0.3 is 10.1 Å². The molecule has 0 radical (unpaired) electrons. The number of pyridine rings is 1. The summed E-state index contributed by atoms with van der Waals surface area (Å²) >= 11 is 1.70. The molecular weight excluding hydrogens is 234 g/mol. The van der Waals surface area contributed by atoms with E-state index < -0.39 is 0 Å². The summed E-state index contributed by atoms with van der Waals surface area (Å²) in [6.07, 6.45) is 2.75. The quantitative estimate of drug-likeness (QED) is 0.885. The predicted molar refractivity (Wildman–Crippen MR) is 69.6 cm³/mol. The topological polar surface area (TPSA) is 47.0 Å². The summed E-state index contributed by atoms with van der Waals surface area (Å²) < 4.78 is 5.00. The zero-order chi connectivity index (χ0) is 12.1. The minimum atomic E-state index is 0.623. The molecule has 0 saturated carbocycles. The Morgan fingerprint density at radius 2 is 2.29 bits per heavy atom. The molecule has 0 aliphatic rings. The van der Waals surface area contributed by atoms with Gasteiger partial charge in [0.25, 0.3) is 0 Å². The number of rotatable bonds is 5. The molecule has 0 bridgehead atoms. The molecule has 0 saturated heterocycles. The van der Waals surface area contributed by atoms with Crippen molar-refractivity contribution in [2.75, 3.05) is 12.4 Å². The number of hydrogen-bond donors (Lipinski definition) is 1. The van der Waals surface area contributed by atoms with E-state index in [1.54, 1.807) is 24.6 Å². The molecule has 2 rings (SSSR count). The van der Waals surface area contributed by atoms with E-state index in [9.17, 15) is 0 Å². The largest absolute Gasteiger partial charge is 0.481 e. The molecule has 0 aliphatic carbocycles. The highest BCUT2D eigenvalue weighted by molar-refractivity contribution is 7.09. The van der Waals surface area contributed by atoms with E-state index in [0.29, 0.717) is 5.88 Å². The highest BCUT2D eigenvalue weighted by Gasteiger charge is 2.00. The monoisotopic (exact) mass is 249 g/mol. The molecule has 1 N–H and O–H groups in total. The highest BCUT2D eigenvalue weighted by Crippen LogP contribution is 2.14. The third kappa shape index (κ3) is 3.17. The second-order valence-electron chi connectivity index (χ2n) is 3.53. The first-order valence-corrected chi connectivity index (χ1v) is 6.37.